The molecule has 2 heterocycles. The predicted molar refractivity (Wildman–Crippen MR) is 143 cm³/mol. The molecule has 8 nitrogen and oxygen atoms in total. The number of aliphatic hydroxyl groups is 1. The van der Waals surface area contributed by atoms with E-state index in [2.05, 4.69) is 56.3 Å². The highest BCUT2D eigenvalue weighted by Crippen LogP contribution is 2.40. The predicted octanol–water partition coefficient (Wildman–Crippen LogP) is 3.78. The van der Waals surface area contributed by atoms with Crippen LogP contribution in [0.3, 0.4) is 0 Å². The molecule has 1 atom stereocenters. The lowest BCUT2D eigenvalue weighted by Gasteiger charge is -2.36. The van der Waals surface area contributed by atoms with Crippen molar-refractivity contribution in [3.63, 3.8) is 0 Å². The Hall–Kier alpha value is -4.27. The summed E-state index contributed by atoms with van der Waals surface area (Å²) in [5.41, 5.74) is 8.04. The summed E-state index contributed by atoms with van der Waals surface area (Å²) < 4.78 is 6.83. The molecule has 3 aromatic carbocycles. The van der Waals surface area contributed by atoms with E-state index in [1.165, 1.54) is 0 Å². The maximum absolute atomic E-state index is 12.1. The average molecular weight is 496 g/mol. The number of rotatable bonds is 10. The van der Waals surface area contributed by atoms with Gasteiger partial charge in [-0.3, -0.25) is 9.78 Å². The number of hydrogen-bond donors (Lipinski definition) is 4. The highest BCUT2D eigenvalue weighted by molar-refractivity contribution is 5.70. The average Bonchev–Trinajstić information content (AvgIpc) is 3.35. The summed E-state index contributed by atoms with van der Waals surface area (Å²) in [6.45, 7) is 0.331. The fourth-order valence-electron chi connectivity index (χ4n) is 4.75. The zero-order chi connectivity index (χ0) is 25.7. The van der Waals surface area contributed by atoms with Gasteiger partial charge in [0.25, 0.3) is 5.56 Å². The van der Waals surface area contributed by atoms with E-state index in [9.17, 15) is 9.90 Å². The molecule has 0 aliphatic rings. The number of H-pyrrole nitrogens is 2. The topological polar surface area (TPSA) is 130 Å². The first kappa shape index (κ1) is 24.4. The molecule has 0 amide bonds. The summed E-state index contributed by atoms with van der Waals surface area (Å²) in [5, 5.41) is 10.1. The normalized spacial score (nSPS) is 12.6. The molecule has 5 rings (SSSR count). The molecule has 1 unspecified atom stereocenters. The van der Waals surface area contributed by atoms with Crippen molar-refractivity contribution in [2.24, 2.45) is 5.92 Å². The summed E-state index contributed by atoms with van der Waals surface area (Å²) in [6, 6.07) is 30.5. The van der Waals surface area contributed by atoms with Crippen molar-refractivity contribution in [1.29, 1.82) is 0 Å². The lowest BCUT2D eigenvalue weighted by Crippen LogP contribution is -2.34. The van der Waals surface area contributed by atoms with Gasteiger partial charge in [0.1, 0.15) is 11.4 Å². The van der Waals surface area contributed by atoms with Gasteiger partial charge in [0.2, 0.25) is 5.95 Å². The van der Waals surface area contributed by atoms with Gasteiger partial charge >= 0.3 is 0 Å². The van der Waals surface area contributed by atoms with Gasteiger partial charge in [-0.2, -0.15) is 4.98 Å². The SMILES string of the molecule is Nc1nc2nc(CC(CO)CCOC(c3ccccc3)(c3ccccc3)c3ccccc3)[nH]c2c(=O)[nH]1. The van der Waals surface area contributed by atoms with Crippen LogP contribution in [0.5, 0.6) is 0 Å². The molecule has 188 valence electrons. The van der Waals surface area contributed by atoms with Crippen molar-refractivity contribution in [2.75, 3.05) is 18.9 Å². The van der Waals surface area contributed by atoms with Gasteiger partial charge in [0, 0.05) is 19.6 Å². The Morgan fingerprint density at radius 2 is 1.38 bits per heavy atom. The Labute approximate surface area is 214 Å². The Kier molecular flexibility index (Phi) is 7.11. The number of imidazole rings is 1. The van der Waals surface area contributed by atoms with Crippen molar-refractivity contribution in [2.45, 2.75) is 18.4 Å². The number of aromatic nitrogens is 4. The number of nitrogens with one attached hydrogen (secondary N) is 2. The van der Waals surface area contributed by atoms with Crippen LogP contribution in [-0.4, -0.2) is 38.3 Å². The fourth-order valence-corrected chi connectivity index (χ4v) is 4.75. The molecule has 0 aliphatic heterocycles. The number of fused-ring (bicyclic) bond motifs is 1. The zero-order valence-electron chi connectivity index (χ0n) is 20.3. The number of aromatic amines is 2. The first-order valence-electron chi connectivity index (χ1n) is 12.3. The van der Waals surface area contributed by atoms with E-state index in [4.69, 9.17) is 10.5 Å². The Bertz CT molecular complexity index is 1400. The second kappa shape index (κ2) is 10.8. The van der Waals surface area contributed by atoms with Gasteiger partial charge in [-0.15, -0.1) is 0 Å². The largest absolute Gasteiger partial charge is 0.396 e. The smallest absolute Gasteiger partial charge is 0.278 e. The second-order valence-corrected chi connectivity index (χ2v) is 9.00. The van der Waals surface area contributed by atoms with Crippen LogP contribution in [0.25, 0.3) is 11.2 Å². The Balaban J connectivity index is 1.42. The quantitative estimate of drug-likeness (QED) is 0.218. The third-order valence-electron chi connectivity index (χ3n) is 6.55. The monoisotopic (exact) mass is 495 g/mol. The number of benzene rings is 3. The number of nitrogen functional groups attached to an aromatic ring is 1. The minimum absolute atomic E-state index is 0.0155. The van der Waals surface area contributed by atoms with Crippen LogP contribution >= 0.6 is 0 Å². The molecule has 0 saturated heterocycles. The van der Waals surface area contributed by atoms with Gasteiger partial charge < -0.3 is 20.6 Å². The number of ether oxygens (including phenoxy) is 1. The first-order chi connectivity index (χ1) is 18.1. The lowest BCUT2D eigenvalue weighted by molar-refractivity contribution is 0.00209. The molecule has 37 heavy (non-hydrogen) atoms. The summed E-state index contributed by atoms with van der Waals surface area (Å²) in [4.78, 5) is 26.1. The number of nitrogens with zero attached hydrogens (tertiary/aromatic N) is 2. The number of anilines is 1. The van der Waals surface area contributed by atoms with E-state index in [1.54, 1.807) is 0 Å². The molecule has 5 N–H and O–H groups in total. The van der Waals surface area contributed by atoms with E-state index in [-0.39, 0.29) is 35.2 Å². The number of aliphatic hydroxyl groups excluding tert-OH is 1. The van der Waals surface area contributed by atoms with Gasteiger partial charge in [0.05, 0.1) is 0 Å². The summed E-state index contributed by atoms with van der Waals surface area (Å²) in [5.74, 6) is 0.442. The van der Waals surface area contributed by atoms with Gasteiger partial charge in [-0.05, 0) is 29.0 Å². The molecular weight excluding hydrogens is 466 g/mol. The van der Waals surface area contributed by atoms with Crippen LogP contribution < -0.4 is 11.3 Å². The summed E-state index contributed by atoms with van der Waals surface area (Å²) in [6.07, 6.45) is 1.01. The Morgan fingerprint density at radius 3 is 1.89 bits per heavy atom. The minimum atomic E-state index is -0.822. The van der Waals surface area contributed by atoms with Crippen LogP contribution in [0.15, 0.2) is 95.8 Å². The van der Waals surface area contributed by atoms with Crippen LogP contribution in [0, 0.1) is 5.92 Å². The van der Waals surface area contributed by atoms with E-state index < -0.39 is 5.60 Å². The van der Waals surface area contributed by atoms with E-state index in [0.717, 1.165) is 16.7 Å². The van der Waals surface area contributed by atoms with Crippen molar-refractivity contribution < 1.29 is 9.84 Å². The van der Waals surface area contributed by atoms with Crippen LogP contribution in [-0.2, 0) is 16.8 Å². The third-order valence-corrected chi connectivity index (χ3v) is 6.55. The van der Waals surface area contributed by atoms with Gasteiger partial charge in [0.15, 0.2) is 11.2 Å². The molecule has 2 aromatic heterocycles. The van der Waals surface area contributed by atoms with Crippen LogP contribution in [0.2, 0.25) is 0 Å². The van der Waals surface area contributed by atoms with Gasteiger partial charge in [-0.25, -0.2) is 4.98 Å². The number of hydrogen-bond acceptors (Lipinski definition) is 6. The van der Waals surface area contributed by atoms with Crippen molar-refractivity contribution >= 4 is 17.1 Å². The maximum atomic E-state index is 12.1. The minimum Gasteiger partial charge on any atom is -0.396 e. The first-order valence-corrected chi connectivity index (χ1v) is 12.3. The zero-order valence-corrected chi connectivity index (χ0v) is 20.3. The third kappa shape index (κ3) is 5.02. The van der Waals surface area contributed by atoms with E-state index in [0.29, 0.717) is 25.3 Å². The Morgan fingerprint density at radius 1 is 0.838 bits per heavy atom. The molecule has 0 aliphatic carbocycles. The fraction of sp³-hybridized carbons (Fsp3) is 0.207. The van der Waals surface area contributed by atoms with E-state index in [1.807, 2.05) is 54.6 Å². The highest BCUT2D eigenvalue weighted by atomic mass is 16.5. The van der Waals surface area contributed by atoms with Crippen LogP contribution in [0.4, 0.5) is 5.95 Å². The highest BCUT2D eigenvalue weighted by Gasteiger charge is 2.37. The maximum Gasteiger partial charge on any atom is 0.278 e. The molecule has 0 radical (unpaired) electrons. The molecule has 0 saturated carbocycles. The molecule has 8 heteroatoms. The second-order valence-electron chi connectivity index (χ2n) is 9.00. The molecule has 0 bridgehead atoms. The molecule has 5 aromatic rings. The van der Waals surface area contributed by atoms with Crippen molar-refractivity contribution in [1.82, 2.24) is 19.9 Å². The van der Waals surface area contributed by atoms with Crippen molar-refractivity contribution in [3.8, 4) is 0 Å². The summed E-state index contributed by atoms with van der Waals surface area (Å²) >= 11 is 0. The molecule has 0 fully saturated rings. The summed E-state index contributed by atoms with van der Waals surface area (Å²) in [7, 11) is 0. The van der Waals surface area contributed by atoms with Gasteiger partial charge in [-0.1, -0.05) is 91.0 Å². The molecular formula is C29H29N5O3. The number of nitrogens with two attached hydrogens (primary N) is 1. The van der Waals surface area contributed by atoms with E-state index >= 15 is 0 Å². The standard InChI is InChI=1S/C29H29N5O3/c30-28-33-26-25(27(36)34-28)31-24(32-26)18-20(19-35)16-17-37-29(21-10-4-1-5-11-21,22-12-6-2-7-13-22)23-14-8-3-9-15-23/h1-15,20,35H,16-19H2,(H4,30,31,32,33,34,36). The van der Waals surface area contributed by atoms with Crippen LogP contribution in [0.1, 0.15) is 28.9 Å². The lowest BCUT2D eigenvalue weighted by atomic mass is 9.80. The van der Waals surface area contributed by atoms with Crippen molar-refractivity contribution in [3.05, 3.63) is 124 Å². The molecule has 0 spiro atoms.